The number of unbranched alkanes of at least 4 members (excludes halogenated alkanes) is 1. The van der Waals surface area contributed by atoms with Crippen molar-refractivity contribution < 1.29 is 4.79 Å². The number of rotatable bonds is 11. The van der Waals surface area contributed by atoms with Gasteiger partial charge in [0.2, 0.25) is 5.91 Å². The normalized spacial score (nSPS) is 15.6. The highest BCUT2D eigenvalue weighted by Gasteiger charge is 2.22. The number of guanidine groups is 1. The minimum atomic E-state index is -0.145. The average molecular weight is 440 g/mol. The molecule has 8 nitrogen and oxygen atoms in total. The summed E-state index contributed by atoms with van der Waals surface area (Å²) in [6, 6.07) is 10.4. The fourth-order valence-electron chi connectivity index (χ4n) is 3.98. The Morgan fingerprint density at radius 3 is 2.62 bits per heavy atom. The number of benzene rings is 1. The van der Waals surface area contributed by atoms with Crippen LogP contribution in [0.3, 0.4) is 0 Å². The summed E-state index contributed by atoms with van der Waals surface area (Å²) in [4.78, 5) is 18.4. The first kappa shape index (κ1) is 23.8. The van der Waals surface area contributed by atoms with Crippen molar-refractivity contribution in [1.29, 1.82) is 0 Å². The summed E-state index contributed by atoms with van der Waals surface area (Å²) >= 11 is 0. The van der Waals surface area contributed by atoms with E-state index in [0.717, 1.165) is 83.0 Å². The number of nitrogens with zero attached hydrogens (tertiary/aromatic N) is 4. The smallest absolute Gasteiger partial charge is 0.220 e. The Labute approximate surface area is 191 Å². The van der Waals surface area contributed by atoms with Gasteiger partial charge in [0.25, 0.3) is 0 Å². The Bertz CT molecular complexity index is 825. The van der Waals surface area contributed by atoms with Gasteiger partial charge >= 0.3 is 0 Å². The average Bonchev–Trinajstić information content (AvgIpc) is 3.34. The van der Waals surface area contributed by atoms with Gasteiger partial charge in [0.1, 0.15) is 0 Å². The molecule has 0 bridgehead atoms. The van der Waals surface area contributed by atoms with Crippen molar-refractivity contribution in [3.05, 3.63) is 48.3 Å². The highest BCUT2D eigenvalue weighted by atomic mass is 16.1. The van der Waals surface area contributed by atoms with E-state index >= 15 is 0 Å². The zero-order valence-electron chi connectivity index (χ0n) is 19.2. The van der Waals surface area contributed by atoms with Crippen LogP contribution in [0.1, 0.15) is 38.2 Å². The number of likely N-dealkylation sites (tertiary alicyclic amines) is 1. The van der Waals surface area contributed by atoms with Crippen LogP contribution in [-0.4, -0.2) is 65.8 Å². The number of amides is 1. The first-order valence-electron chi connectivity index (χ1n) is 11.8. The van der Waals surface area contributed by atoms with Crippen LogP contribution in [0.15, 0.2) is 47.7 Å². The summed E-state index contributed by atoms with van der Waals surface area (Å²) < 4.78 is 1.86. The van der Waals surface area contributed by atoms with Crippen LogP contribution < -0.4 is 16.4 Å². The first-order valence-corrected chi connectivity index (χ1v) is 11.8. The molecule has 0 atom stereocenters. The minimum Gasteiger partial charge on any atom is -0.369 e. The largest absolute Gasteiger partial charge is 0.369 e. The number of nitrogens with two attached hydrogens (primary N) is 1. The van der Waals surface area contributed by atoms with E-state index in [1.54, 1.807) is 6.20 Å². The van der Waals surface area contributed by atoms with E-state index in [-0.39, 0.29) is 11.8 Å². The lowest BCUT2D eigenvalue weighted by Crippen LogP contribution is -2.39. The van der Waals surface area contributed by atoms with Crippen LogP contribution in [0.25, 0.3) is 5.69 Å². The lowest BCUT2D eigenvalue weighted by Gasteiger charge is -2.30. The molecule has 2 aromatic rings. The molecule has 1 aromatic heterocycles. The molecule has 0 radical (unpaired) electrons. The van der Waals surface area contributed by atoms with Gasteiger partial charge < -0.3 is 21.3 Å². The molecule has 2 heterocycles. The highest BCUT2D eigenvalue weighted by molar-refractivity contribution is 5.79. The third-order valence-corrected chi connectivity index (χ3v) is 5.90. The van der Waals surface area contributed by atoms with Crippen molar-refractivity contribution >= 4 is 11.9 Å². The molecular formula is C24H37N7O. The molecule has 8 heteroatoms. The molecule has 1 amide bonds. The molecular weight excluding hydrogens is 402 g/mol. The maximum atomic E-state index is 11.3. The maximum absolute atomic E-state index is 11.3. The molecule has 3 rings (SSSR count). The molecule has 174 valence electrons. The highest BCUT2D eigenvalue weighted by Crippen LogP contribution is 2.16. The Morgan fingerprint density at radius 1 is 1.19 bits per heavy atom. The zero-order chi connectivity index (χ0) is 22.6. The lowest BCUT2D eigenvalue weighted by atomic mass is 9.96. The molecule has 4 N–H and O–H groups in total. The molecule has 0 spiro atoms. The maximum Gasteiger partial charge on any atom is 0.220 e. The van der Waals surface area contributed by atoms with Gasteiger partial charge in [0, 0.05) is 37.9 Å². The molecule has 1 saturated heterocycles. The number of aliphatic imine (C=N–C) groups is 1. The Balaban J connectivity index is 1.32. The Kier molecular flexibility index (Phi) is 9.56. The van der Waals surface area contributed by atoms with Gasteiger partial charge in [-0.25, -0.2) is 4.68 Å². The topological polar surface area (TPSA) is 101 Å². The minimum absolute atomic E-state index is 0.0685. The summed E-state index contributed by atoms with van der Waals surface area (Å²) in [5.41, 5.74) is 7.76. The van der Waals surface area contributed by atoms with Crippen LogP contribution in [0.2, 0.25) is 0 Å². The third kappa shape index (κ3) is 7.67. The summed E-state index contributed by atoms with van der Waals surface area (Å²) in [7, 11) is 0. The second-order valence-corrected chi connectivity index (χ2v) is 8.28. The van der Waals surface area contributed by atoms with Gasteiger partial charge in [-0.2, -0.15) is 5.10 Å². The molecule has 32 heavy (non-hydrogen) atoms. The number of carbonyl (C=O) groups is 1. The fraction of sp³-hybridized carbons (Fsp3) is 0.542. The first-order chi connectivity index (χ1) is 15.7. The summed E-state index contributed by atoms with van der Waals surface area (Å²) in [6.45, 7) is 7.60. The van der Waals surface area contributed by atoms with Gasteiger partial charge in [0.05, 0.1) is 5.69 Å². The molecule has 1 aliphatic heterocycles. The molecule has 0 aliphatic carbocycles. The predicted molar refractivity (Wildman–Crippen MR) is 129 cm³/mol. The number of aromatic nitrogens is 2. The fourth-order valence-corrected chi connectivity index (χ4v) is 3.98. The van der Waals surface area contributed by atoms with Crippen LogP contribution in [0, 0.1) is 5.92 Å². The van der Waals surface area contributed by atoms with Crippen molar-refractivity contribution in [3.63, 3.8) is 0 Å². The van der Waals surface area contributed by atoms with E-state index in [1.165, 1.54) is 5.56 Å². The second kappa shape index (κ2) is 12.9. The van der Waals surface area contributed by atoms with Gasteiger partial charge in [-0.05, 0) is 82.4 Å². The predicted octanol–water partition coefficient (Wildman–Crippen LogP) is 1.95. The number of piperidine rings is 1. The second-order valence-electron chi connectivity index (χ2n) is 8.28. The quantitative estimate of drug-likeness (QED) is 0.282. The number of carbonyl (C=O) groups excluding carboxylic acids is 1. The molecule has 1 aliphatic rings. The van der Waals surface area contributed by atoms with Crippen LogP contribution in [0.4, 0.5) is 0 Å². The number of primary amides is 1. The van der Waals surface area contributed by atoms with Crippen molar-refractivity contribution in [3.8, 4) is 5.69 Å². The van der Waals surface area contributed by atoms with Crippen molar-refractivity contribution in [2.75, 3.05) is 39.3 Å². The van der Waals surface area contributed by atoms with Crippen LogP contribution in [0.5, 0.6) is 0 Å². The summed E-state index contributed by atoms with van der Waals surface area (Å²) in [5.74, 6) is 0.801. The summed E-state index contributed by atoms with van der Waals surface area (Å²) in [5, 5.41) is 11.0. The van der Waals surface area contributed by atoms with E-state index < -0.39 is 0 Å². The summed E-state index contributed by atoms with van der Waals surface area (Å²) in [6.07, 6.45) is 8.64. The van der Waals surface area contributed by atoms with E-state index in [1.807, 2.05) is 16.9 Å². The van der Waals surface area contributed by atoms with E-state index in [2.05, 4.69) is 51.8 Å². The zero-order valence-corrected chi connectivity index (χ0v) is 19.2. The SMILES string of the molecule is CCNC(=NCCCCN1CCC(C(N)=O)CC1)NCCc1ccc(-n2cccn2)cc1. The van der Waals surface area contributed by atoms with Crippen molar-refractivity contribution in [2.24, 2.45) is 16.6 Å². The van der Waals surface area contributed by atoms with E-state index in [9.17, 15) is 4.79 Å². The molecule has 1 fully saturated rings. The van der Waals surface area contributed by atoms with Gasteiger partial charge in [-0.1, -0.05) is 12.1 Å². The monoisotopic (exact) mass is 439 g/mol. The molecule has 0 unspecified atom stereocenters. The van der Waals surface area contributed by atoms with Gasteiger partial charge in [-0.3, -0.25) is 9.79 Å². The van der Waals surface area contributed by atoms with Crippen molar-refractivity contribution in [1.82, 2.24) is 25.3 Å². The van der Waals surface area contributed by atoms with Crippen LogP contribution >= 0.6 is 0 Å². The number of hydrogen-bond acceptors (Lipinski definition) is 4. The van der Waals surface area contributed by atoms with E-state index in [0.29, 0.717) is 0 Å². The third-order valence-electron chi connectivity index (χ3n) is 5.90. The van der Waals surface area contributed by atoms with Crippen LogP contribution in [-0.2, 0) is 11.2 Å². The molecule has 1 aromatic carbocycles. The molecule has 0 saturated carbocycles. The van der Waals surface area contributed by atoms with Gasteiger partial charge in [0.15, 0.2) is 5.96 Å². The Hall–Kier alpha value is -2.87. The number of nitrogens with one attached hydrogen (secondary N) is 2. The standard InChI is InChI=1S/C24H37N7O/c1-2-26-24(27-13-3-4-16-30-18-11-21(12-19-30)23(25)32)28-15-10-20-6-8-22(9-7-20)31-17-5-14-29-31/h5-9,14,17,21H,2-4,10-13,15-16,18-19H2,1H3,(H2,25,32)(H2,26,27,28). The van der Waals surface area contributed by atoms with E-state index in [4.69, 9.17) is 10.7 Å². The van der Waals surface area contributed by atoms with Crippen molar-refractivity contribution in [2.45, 2.75) is 39.0 Å². The number of hydrogen-bond donors (Lipinski definition) is 3. The lowest BCUT2D eigenvalue weighted by molar-refractivity contribution is -0.123. The van der Waals surface area contributed by atoms with Gasteiger partial charge in [-0.15, -0.1) is 0 Å². The Morgan fingerprint density at radius 2 is 1.97 bits per heavy atom.